The molecule has 0 atom stereocenters. The second-order valence-corrected chi connectivity index (χ2v) is 7.95. The summed E-state index contributed by atoms with van der Waals surface area (Å²) in [7, 11) is -3.89. The van der Waals surface area contributed by atoms with Gasteiger partial charge in [-0.05, 0) is 32.4 Å². The molecule has 0 unspecified atom stereocenters. The van der Waals surface area contributed by atoms with Crippen LogP contribution in [0.5, 0.6) is 0 Å². The van der Waals surface area contributed by atoms with Gasteiger partial charge in [-0.25, -0.2) is 17.5 Å². The second kappa shape index (κ2) is 6.33. The first kappa shape index (κ1) is 18.1. The van der Waals surface area contributed by atoms with E-state index in [9.17, 15) is 17.6 Å². The topological polar surface area (TPSA) is 89.3 Å². The predicted molar refractivity (Wildman–Crippen MR) is 89.3 cm³/mol. The maximum Gasteiger partial charge on any atom is 0.252 e. The first-order valence-corrected chi connectivity index (χ1v) is 8.64. The minimum absolute atomic E-state index is 0.0620. The molecule has 0 saturated heterocycles. The first-order valence-electron chi connectivity index (χ1n) is 7.16. The standard InChI is InChI=1S/C17H18FN2O3S/c1-17(2,3)20-24(22,23)14-10-5-4-7-11(14)12-8-6-9-13(18)15(12)16(19)21/h4-8,10,20H,1-3H3,(H2,19,21). The number of carbonyl (C=O) groups is 1. The van der Waals surface area contributed by atoms with Gasteiger partial charge in [0.15, 0.2) is 0 Å². The molecule has 0 spiro atoms. The molecule has 0 fully saturated rings. The zero-order valence-corrected chi connectivity index (χ0v) is 14.4. The molecule has 0 aliphatic heterocycles. The number of carbonyl (C=O) groups excluding carboxylic acids is 1. The normalized spacial score (nSPS) is 12.2. The van der Waals surface area contributed by atoms with Crippen LogP contribution in [-0.2, 0) is 10.0 Å². The van der Waals surface area contributed by atoms with Crippen LogP contribution >= 0.6 is 0 Å². The smallest absolute Gasteiger partial charge is 0.252 e. The van der Waals surface area contributed by atoms with E-state index in [-0.39, 0.29) is 16.0 Å². The van der Waals surface area contributed by atoms with Crippen LogP contribution in [0, 0.1) is 11.9 Å². The van der Waals surface area contributed by atoms with Crippen LogP contribution in [0.25, 0.3) is 11.1 Å². The molecule has 5 nitrogen and oxygen atoms in total. The summed E-state index contributed by atoms with van der Waals surface area (Å²) in [5.41, 5.74) is 4.45. The molecule has 0 aliphatic rings. The third-order valence-electron chi connectivity index (χ3n) is 3.10. The maximum absolute atomic E-state index is 14.0. The van der Waals surface area contributed by atoms with Crippen LogP contribution in [0.3, 0.4) is 0 Å². The van der Waals surface area contributed by atoms with E-state index < -0.39 is 32.9 Å². The number of sulfonamides is 1. The number of hydrogen-bond acceptors (Lipinski definition) is 3. The van der Waals surface area contributed by atoms with Gasteiger partial charge in [0.25, 0.3) is 5.91 Å². The molecule has 1 radical (unpaired) electrons. The zero-order valence-electron chi connectivity index (χ0n) is 13.6. The van der Waals surface area contributed by atoms with Crippen LogP contribution in [-0.4, -0.2) is 19.9 Å². The van der Waals surface area contributed by atoms with Crippen LogP contribution in [0.15, 0.2) is 41.3 Å². The van der Waals surface area contributed by atoms with Crippen molar-refractivity contribution in [3.8, 4) is 11.1 Å². The number of halogens is 1. The highest BCUT2D eigenvalue weighted by Gasteiger charge is 2.26. The summed E-state index contributed by atoms with van der Waals surface area (Å²) in [6.45, 7) is 5.12. The van der Waals surface area contributed by atoms with Crippen molar-refractivity contribution in [2.75, 3.05) is 0 Å². The van der Waals surface area contributed by atoms with E-state index in [0.29, 0.717) is 0 Å². The molecule has 0 heterocycles. The highest BCUT2D eigenvalue weighted by molar-refractivity contribution is 7.89. The Morgan fingerprint density at radius 3 is 2.38 bits per heavy atom. The van der Waals surface area contributed by atoms with Gasteiger partial charge in [-0.15, -0.1) is 0 Å². The summed E-state index contributed by atoms with van der Waals surface area (Å²) >= 11 is 0. The van der Waals surface area contributed by atoms with Gasteiger partial charge in [0.1, 0.15) is 5.82 Å². The van der Waals surface area contributed by atoms with Crippen LogP contribution in [0.2, 0.25) is 0 Å². The minimum Gasteiger partial charge on any atom is -0.365 e. The van der Waals surface area contributed by atoms with Gasteiger partial charge in [-0.2, -0.15) is 0 Å². The van der Waals surface area contributed by atoms with Gasteiger partial charge < -0.3 is 5.73 Å². The Labute approximate surface area is 140 Å². The molecule has 0 saturated carbocycles. The van der Waals surface area contributed by atoms with E-state index in [0.717, 1.165) is 0 Å². The quantitative estimate of drug-likeness (QED) is 0.888. The van der Waals surface area contributed by atoms with Crippen LogP contribution in [0.1, 0.15) is 31.1 Å². The monoisotopic (exact) mass is 349 g/mol. The highest BCUT2D eigenvalue weighted by Crippen LogP contribution is 2.31. The van der Waals surface area contributed by atoms with E-state index in [4.69, 9.17) is 5.73 Å². The molecular weight excluding hydrogens is 331 g/mol. The number of rotatable bonds is 4. The Morgan fingerprint density at radius 2 is 1.79 bits per heavy atom. The van der Waals surface area contributed by atoms with Gasteiger partial charge in [0.2, 0.25) is 10.0 Å². The molecule has 7 heteroatoms. The van der Waals surface area contributed by atoms with Crippen LogP contribution < -0.4 is 10.5 Å². The van der Waals surface area contributed by atoms with E-state index >= 15 is 0 Å². The average Bonchev–Trinajstić information content (AvgIpc) is 2.44. The van der Waals surface area contributed by atoms with Gasteiger partial charge in [-0.1, -0.05) is 30.3 Å². The average molecular weight is 349 g/mol. The van der Waals surface area contributed by atoms with E-state index in [1.807, 2.05) is 0 Å². The molecule has 2 aromatic rings. The second-order valence-electron chi connectivity index (χ2n) is 6.30. The van der Waals surface area contributed by atoms with Crippen LogP contribution in [0.4, 0.5) is 4.39 Å². The third kappa shape index (κ3) is 3.80. The van der Waals surface area contributed by atoms with Crippen molar-refractivity contribution in [1.82, 2.24) is 4.72 Å². The number of amides is 1. The fourth-order valence-electron chi connectivity index (χ4n) is 2.32. The molecule has 2 rings (SSSR count). The lowest BCUT2D eigenvalue weighted by Crippen LogP contribution is -2.40. The summed E-state index contributed by atoms with van der Waals surface area (Å²) in [4.78, 5) is 11.5. The van der Waals surface area contributed by atoms with E-state index in [1.165, 1.54) is 24.3 Å². The Balaban J connectivity index is 2.73. The number of nitrogens with two attached hydrogens (primary N) is 1. The largest absolute Gasteiger partial charge is 0.365 e. The zero-order chi connectivity index (χ0) is 18.1. The Hall–Kier alpha value is -2.25. The summed E-state index contributed by atoms with van der Waals surface area (Å²) in [6.07, 6.45) is 0. The van der Waals surface area contributed by atoms with E-state index in [2.05, 4.69) is 10.8 Å². The van der Waals surface area contributed by atoms with Crippen molar-refractivity contribution in [3.63, 3.8) is 0 Å². The SMILES string of the molecule is CC(C)(C)NS(=O)(=O)c1ccccc1-c1cc[c]c(F)c1C(N)=O. The fourth-order valence-corrected chi connectivity index (χ4v) is 3.96. The molecule has 1 amide bonds. The van der Waals surface area contributed by atoms with Crippen molar-refractivity contribution < 1.29 is 17.6 Å². The van der Waals surface area contributed by atoms with Crippen molar-refractivity contribution in [3.05, 3.63) is 53.8 Å². The molecule has 127 valence electrons. The van der Waals surface area contributed by atoms with Crippen molar-refractivity contribution >= 4 is 15.9 Å². The Bertz CT molecular complexity index is 887. The Morgan fingerprint density at radius 1 is 1.17 bits per heavy atom. The number of hydrogen-bond donors (Lipinski definition) is 2. The summed E-state index contributed by atoms with van der Waals surface area (Å²) in [5.74, 6) is -1.91. The summed E-state index contributed by atoms with van der Waals surface area (Å²) in [6, 6.07) is 11.0. The summed E-state index contributed by atoms with van der Waals surface area (Å²) < 4.78 is 41.9. The molecule has 3 N–H and O–H groups in total. The van der Waals surface area contributed by atoms with Gasteiger partial charge in [0, 0.05) is 17.2 Å². The highest BCUT2D eigenvalue weighted by atomic mass is 32.2. The lowest BCUT2D eigenvalue weighted by Gasteiger charge is -2.22. The first-order chi connectivity index (χ1) is 11.0. The van der Waals surface area contributed by atoms with Crippen molar-refractivity contribution in [1.29, 1.82) is 0 Å². The molecule has 0 aromatic heterocycles. The number of nitrogens with one attached hydrogen (secondary N) is 1. The minimum atomic E-state index is -3.89. The third-order valence-corrected chi connectivity index (χ3v) is 4.92. The number of benzene rings is 2. The lowest BCUT2D eigenvalue weighted by molar-refractivity contribution is 0.0997. The molecule has 2 aromatic carbocycles. The predicted octanol–water partition coefficient (Wildman–Crippen LogP) is 2.47. The van der Waals surface area contributed by atoms with Gasteiger partial charge in [-0.3, -0.25) is 4.79 Å². The molecule has 0 bridgehead atoms. The van der Waals surface area contributed by atoms with Crippen molar-refractivity contribution in [2.45, 2.75) is 31.2 Å². The van der Waals surface area contributed by atoms with Gasteiger partial charge >= 0.3 is 0 Å². The molecule has 24 heavy (non-hydrogen) atoms. The van der Waals surface area contributed by atoms with E-state index in [1.54, 1.807) is 32.9 Å². The molecular formula is C17H18FN2O3S. The summed E-state index contributed by atoms with van der Waals surface area (Å²) in [5, 5.41) is 0. The van der Waals surface area contributed by atoms with Crippen molar-refractivity contribution in [2.24, 2.45) is 5.73 Å². The lowest BCUT2D eigenvalue weighted by atomic mass is 9.99. The molecule has 0 aliphatic carbocycles. The van der Waals surface area contributed by atoms with Gasteiger partial charge in [0.05, 0.1) is 10.5 Å². The fraction of sp³-hybridized carbons (Fsp3) is 0.235. The Kier molecular flexibility index (Phi) is 4.77. The maximum atomic E-state index is 14.0. The number of primary amides is 1.